The van der Waals surface area contributed by atoms with Crippen LogP contribution in [0.15, 0.2) is 42.6 Å². The first-order valence-corrected chi connectivity index (χ1v) is 8.47. The van der Waals surface area contributed by atoms with Crippen molar-refractivity contribution in [2.75, 3.05) is 37.8 Å². The summed E-state index contributed by atoms with van der Waals surface area (Å²) in [6.07, 6.45) is 2.45. The van der Waals surface area contributed by atoms with Gasteiger partial charge >= 0.3 is 0 Å². The van der Waals surface area contributed by atoms with Gasteiger partial charge in [0.25, 0.3) is 5.91 Å². The quantitative estimate of drug-likeness (QED) is 0.633. The van der Waals surface area contributed by atoms with Crippen LogP contribution in [0.2, 0.25) is 0 Å². The second-order valence-corrected chi connectivity index (χ2v) is 6.23. The minimum absolute atomic E-state index is 0.108. The number of rotatable bonds is 8. The van der Waals surface area contributed by atoms with Gasteiger partial charge < -0.3 is 20.9 Å². The summed E-state index contributed by atoms with van der Waals surface area (Å²) in [6, 6.07) is 10.8. The van der Waals surface area contributed by atoms with Crippen molar-refractivity contribution in [3.8, 4) is 0 Å². The molecule has 3 N–H and O–H groups in total. The topological polar surface area (TPSA) is 86.4 Å². The van der Waals surface area contributed by atoms with Gasteiger partial charge in [0.1, 0.15) is 5.82 Å². The lowest BCUT2D eigenvalue weighted by molar-refractivity contribution is -0.114. The SMILES string of the molecule is CC(=O)Nc1ccc(Nc2ccc(C(=O)NCCCN(C)C)cn2)cc1. The van der Waals surface area contributed by atoms with E-state index in [0.717, 1.165) is 24.3 Å². The monoisotopic (exact) mass is 355 g/mol. The molecule has 0 saturated heterocycles. The van der Waals surface area contributed by atoms with E-state index in [4.69, 9.17) is 0 Å². The minimum Gasteiger partial charge on any atom is -0.352 e. The number of carbonyl (C=O) groups excluding carboxylic acids is 2. The zero-order valence-corrected chi connectivity index (χ0v) is 15.4. The number of nitrogens with zero attached hydrogens (tertiary/aromatic N) is 2. The molecule has 0 aliphatic rings. The van der Waals surface area contributed by atoms with E-state index < -0.39 is 0 Å². The van der Waals surface area contributed by atoms with Crippen LogP contribution in [0, 0.1) is 0 Å². The van der Waals surface area contributed by atoms with Crippen LogP contribution in [0.5, 0.6) is 0 Å². The third-order valence-corrected chi connectivity index (χ3v) is 3.57. The molecule has 2 amide bonds. The van der Waals surface area contributed by atoms with Gasteiger partial charge in [-0.2, -0.15) is 0 Å². The summed E-state index contributed by atoms with van der Waals surface area (Å²) in [5.74, 6) is 0.409. The first-order chi connectivity index (χ1) is 12.4. The smallest absolute Gasteiger partial charge is 0.252 e. The Morgan fingerprint density at radius 1 is 1.04 bits per heavy atom. The molecule has 0 radical (unpaired) electrons. The Morgan fingerprint density at radius 2 is 1.73 bits per heavy atom. The molecule has 1 aromatic carbocycles. The van der Waals surface area contributed by atoms with Crippen molar-refractivity contribution in [2.45, 2.75) is 13.3 Å². The third-order valence-electron chi connectivity index (χ3n) is 3.57. The van der Waals surface area contributed by atoms with Gasteiger partial charge in [0.15, 0.2) is 0 Å². The number of amides is 2. The molecule has 7 nitrogen and oxygen atoms in total. The molecular formula is C19H25N5O2. The van der Waals surface area contributed by atoms with E-state index >= 15 is 0 Å². The zero-order chi connectivity index (χ0) is 18.9. The molecular weight excluding hydrogens is 330 g/mol. The molecule has 0 saturated carbocycles. The first-order valence-electron chi connectivity index (χ1n) is 8.47. The van der Waals surface area contributed by atoms with Gasteiger partial charge in [-0.05, 0) is 63.5 Å². The molecule has 138 valence electrons. The van der Waals surface area contributed by atoms with Crippen molar-refractivity contribution in [2.24, 2.45) is 0 Å². The van der Waals surface area contributed by atoms with Crippen LogP contribution in [-0.4, -0.2) is 48.9 Å². The maximum Gasteiger partial charge on any atom is 0.252 e. The lowest BCUT2D eigenvalue weighted by Crippen LogP contribution is -2.27. The number of hydrogen-bond acceptors (Lipinski definition) is 5. The number of hydrogen-bond donors (Lipinski definition) is 3. The molecule has 0 aliphatic carbocycles. The van der Waals surface area contributed by atoms with Gasteiger partial charge in [-0.1, -0.05) is 0 Å². The average Bonchev–Trinajstić information content (AvgIpc) is 2.60. The molecule has 0 atom stereocenters. The van der Waals surface area contributed by atoms with E-state index in [1.165, 1.54) is 6.92 Å². The fraction of sp³-hybridized carbons (Fsp3) is 0.316. The first kappa shape index (κ1) is 19.4. The Hall–Kier alpha value is -2.93. The summed E-state index contributed by atoms with van der Waals surface area (Å²) in [6.45, 7) is 3.04. The van der Waals surface area contributed by atoms with E-state index in [1.807, 2.05) is 26.2 Å². The maximum absolute atomic E-state index is 12.1. The van der Waals surface area contributed by atoms with Crippen LogP contribution < -0.4 is 16.0 Å². The molecule has 7 heteroatoms. The highest BCUT2D eigenvalue weighted by molar-refractivity contribution is 5.94. The zero-order valence-electron chi connectivity index (χ0n) is 15.4. The lowest BCUT2D eigenvalue weighted by Gasteiger charge is -2.10. The second kappa shape index (κ2) is 9.53. The molecule has 0 aliphatic heterocycles. The average molecular weight is 355 g/mol. The fourth-order valence-corrected chi connectivity index (χ4v) is 2.29. The predicted molar refractivity (Wildman–Crippen MR) is 104 cm³/mol. The number of carbonyl (C=O) groups is 2. The summed E-state index contributed by atoms with van der Waals surface area (Å²) in [5.41, 5.74) is 2.10. The molecule has 0 bridgehead atoms. The third kappa shape index (κ3) is 6.52. The molecule has 1 heterocycles. The van der Waals surface area contributed by atoms with E-state index in [2.05, 4.69) is 25.8 Å². The molecule has 26 heavy (non-hydrogen) atoms. The Morgan fingerprint density at radius 3 is 2.31 bits per heavy atom. The Labute approximate surface area is 153 Å². The fourth-order valence-electron chi connectivity index (χ4n) is 2.29. The summed E-state index contributed by atoms with van der Waals surface area (Å²) in [7, 11) is 4.01. The Bertz CT molecular complexity index is 727. The number of nitrogens with one attached hydrogen (secondary N) is 3. The van der Waals surface area contributed by atoms with E-state index in [0.29, 0.717) is 17.9 Å². The van der Waals surface area contributed by atoms with Crippen molar-refractivity contribution < 1.29 is 9.59 Å². The standard InChI is InChI=1S/C19H25N5O2/c1-14(25)22-16-6-8-17(9-7-16)23-18-10-5-15(13-21-18)19(26)20-11-4-12-24(2)3/h5-10,13H,4,11-12H2,1-3H3,(H,20,26)(H,21,23)(H,22,25). The maximum atomic E-state index is 12.1. The van der Waals surface area contributed by atoms with Crippen molar-refractivity contribution in [1.29, 1.82) is 0 Å². The minimum atomic E-state index is -0.123. The number of benzene rings is 1. The normalized spacial score (nSPS) is 10.5. The van der Waals surface area contributed by atoms with Crippen molar-refractivity contribution in [3.05, 3.63) is 48.2 Å². The molecule has 0 spiro atoms. The van der Waals surface area contributed by atoms with Crippen molar-refractivity contribution in [1.82, 2.24) is 15.2 Å². The van der Waals surface area contributed by atoms with Crippen LogP contribution in [-0.2, 0) is 4.79 Å². The van der Waals surface area contributed by atoms with Crippen LogP contribution in [0.1, 0.15) is 23.7 Å². The van der Waals surface area contributed by atoms with E-state index in [1.54, 1.807) is 30.5 Å². The molecule has 0 fully saturated rings. The number of pyridine rings is 1. The van der Waals surface area contributed by atoms with E-state index in [9.17, 15) is 9.59 Å². The number of aromatic nitrogens is 1. The highest BCUT2D eigenvalue weighted by Crippen LogP contribution is 2.17. The summed E-state index contributed by atoms with van der Waals surface area (Å²) in [4.78, 5) is 29.4. The molecule has 0 unspecified atom stereocenters. The van der Waals surface area contributed by atoms with Crippen LogP contribution in [0.25, 0.3) is 0 Å². The van der Waals surface area contributed by atoms with Crippen LogP contribution in [0.4, 0.5) is 17.2 Å². The largest absolute Gasteiger partial charge is 0.352 e. The summed E-state index contributed by atoms with van der Waals surface area (Å²) < 4.78 is 0. The van der Waals surface area contributed by atoms with Crippen molar-refractivity contribution in [3.63, 3.8) is 0 Å². The highest BCUT2D eigenvalue weighted by Gasteiger charge is 2.06. The van der Waals surface area contributed by atoms with Crippen LogP contribution in [0.3, 0.4) is 0 Å². The summed E-state index contributed by atoms with van der Waals surface area (Å²) >= 11 is 0. The Balaban J connectivity index is 1.86. The summed E-state index contributed by atoms with van der Waals surface area (Å²) in [5, 5.41) is 8.75. The van der Waals surface area contributed by atoms with Crippen LogP contribution >= 0.6 is 0 Å². The van der Waals surface area contributed by atoms with Gasteiger partial charge in [0, 0.05) is 31.0 Å². The number of anilines is 3. The lowest BCUT2D eigenvalue weighted by atomic mass is 10.2. The predicted octanol–water partition coefficient (Wildman–Crippen LogP) is 2.47. The second-order valence-electron chi connectivity index (χ2n) is 6.23. The van der Waals surface area contributed by atoms with Crippen molar-refractivity contribution >= 4 is 29.0 Å². The molecule has 2 aromatic rings. The highest BCUT2D eigenvalue weighted by atomic mass is 16.2. The van der Waals surface area contributed by atoms with Gasteiger partial charge in [0.05, 0.1) is 5.56 Å². The van der Waals surface area contributed by atoms with Gasteiger partial charge in [-0.15, -0.1) is 0 Å². The molecule has 2 rings (SSSR count). The Kier molecular flexibility index (Phi) is 7.11. The van der Waals surface area contributed by atoms with Gasteiger partial charge in [-0.25, -0.2) is 4.98 Å². The molecule has 1 aromatic heterocycles. The van der Waals surface area contributed by atoms with Gasteiger partial charge in [0.2, 0.25) is 5.91 Å². The van der Waals surface area contributed by atoms with Gasteiger partial charge in [-0.3, -0.25) is 9.59 Å². The van der Waals surface area contributed by atoms with E-state index in [-0.39, 0.29) is 11.8 Å².